The lowest BCUT2D eigenvalue weighted by atomic mass is 10.2. The summed E-state index contributed by atoms with van der Waals surface area (Å²) >= 11 is 0. The van der Waals surface area contributed by atoms with Gasteiger partial charge in [0.1, 0.15) is 11.4 Å². The SMILES string of the molecule is CCNCc1c(C)nn(-c2ccccc2OC(C)C)c1C. The van der Waals surface area contributed by atoms with Gasteiger partial charge in [0.15, 0.2) is 0 Å². The van der Waals surface area contributed by atoms with Crippen LogP contribution in [0.5, 0.6) is 5.75 Å². The van der Waals surface area contributed by atoms with Gasteiger partial charge in [-0.05, 0) is 46.4 Å². The molecular formula is C17H25N3O. The Balaban J connectivity index is 2.43. The highest BCUT2D eigenvalue weighted by Crippen LogP contribution is 2.26. The average Bonchev–Trinajstić information content (AvgIpc) is 2.72. The number of hydrogen-bond acceptors (Lipinski definition) is 3. The second kappa shape index (κ2) is 6.76. The third-order valence-corrected chi connectivity index (χ3v) is 3.45. The van der Waals surface area contributed by atoms with Crippen molar-refractivity contribution in [3.05, 3.63) is 41.2 Å². The van der Waals surface area contributed by atoms with Crippen LogP contribution in [0.4, 0.5) is 0 Å². The van der Waals surface area contributed by atoms with Crippen LogP contribution in [0.25, 0.3) is 5.69 Å². The molecule has 0 saturated heterocycles. The second-order valence-electron chi connectivity index (χ2n) is 5.48. The molecule has 0 aliphatic heterocycles. The monoisotopic (exact) mass is 287 g/mol. The van der Waals surface area contributed by atoms with Gasteiger partial charge in [0.25, 0.3) is 0 Å². The van der Waals surface area contributed by atoms with Crippen molar-refractivity contribution in [1.82, 2.24) is 15.1 Å². The molecule has 2 aromatic rings. The Morgan fingerprint density at radius 2 is 1.95 bits per heavy atom. The number of nitrogens with zero attached hydrogens (tertiary/aromatic N) is 2. The summed E-state index contributed by atoms with van der Waals surface area (Å²) < 4.78 is 7.89. The molecule has 2 rings (SSSR count). The van der Waals surface area contributed by atoms with Crippen LogP contribution < -0.4 is 10.1 Å². The summed E-state index contributed by atoms with van der Waals surface area (Å²) in [4.78, 5) is 0. The molecule has 1 N–H and O–H groups in total. The average molecular weight is 287 g/mol. The van der Waals surface area contributed by atoms with Crippen molar-refractivity contribution in [1.29, 1.82) is 0 Å². The van der Waals surface area contributed by atoms with E-state index >= 15 is 0 Å². The lowest BCUT2D eigenvalue weighted by Gasteiger charge is -2.15. The van der Waals surface area contributed by atoms with E-state index in [9.17, 15) is 0 Å². The molecular weight excluding hydrogens is 262 g/mol. The Kier molecular flexibility index (Phi) is 5.02. The molecule has 0 fully saturated rings. The fourth-order valence-electron chi connectivity index (χ4n) is 2.40. The van der Waals surface area contributed by atoms with Gasteiger partial charge in [0.05, 0.1) is 11.8 Å². The topological polar surface area (TPSA) is 39.1 Å². The van der Waals surface area contributed by atoms with Crippen LogP contribution in [-0.2, 0) is 6.54 Å². The van der Waals surface area contributed by atoms with E-state index in [-0.39, 0.29) is 6.10 Å². The van der Waals surface area contributed by atoms with Crippen LogP contribution in [-0.4, -0.2) is 22.4 Å². The summed E-state index contributed by atoms with van der Waals surface area (Å²) in [6.45, 7) is 12.2. The molecule has 1 heterocycles. The zero-order chi connectivity index (χ0) is 15.4. The minimum atomic E-state index is 0.143. The van der Waals surface area contributed by atoms with Crippen molar-refractivity contribution in [3.8, 4) is 11.4 Å². The van der Waals surface area contributed by atoms with Gasteiger partial charge in [-0.1, -0.05) is 19.1 Å². The smallest absolute Gasteiger partial charge is 0.145 e. The highest BCUT2D eigenvalue weighted by molar-refractivity contribution is 5.48. The Morgan fingerprint density at radius 3 is 2.62 bits per heavy atom. The number of benzene rings is 1. The fourth-order valence-corrected chi connectivity index (χ4v) is 2.40. The van der Waals surface area contributed by atoms with E-state index in [0.29, 0.717) is 0 Å². The summed E-state index contributed by atoms with van der Waals surface area (Å²) in [5, 5.41) is 8.07. The molecule has 0 atom stereocenters. The van der Waals surface area contributed by atoms with Gasteiger partial charge in [-0.25, -0.2) is 4.68 Å². The lowest BCUT2D eigenvalue weighted by Crippen LogP contribution is -2.13. The number of para-hydroxylation sites is 2. The molecule has 0 saturated carbocycles. The number of aryl methyl sites for hydroxylation is 1. The summed E-state index contributed by atoms with van der Waals surface area (Å²) in [5.74, 6) is 0.869. The third kappa shape index (κ3) is 3.45. The molecule has 4 nitrogen and oxygen atoms in total. The number of aromatic nitrogens is 2. The first-order valence-corrected chi connectivity index (χ1v) is 7.56. The molecule has 0 bridgehead atoms. The van der Waals surface area contributed by atoms with Gasteiger partial charge in [-0.2, -0.15) is 5.10 Å². The highest BCUT2D eigenvalue weighted by atomic mass is 16.5. The van der Waals surface area contributed by atoms with E-state index in [2.05, 4.69) is 26.1 Å². The number of hydrogen-bond donors (Lipinski definition) is 1. The van der Waals surface area contributed by atoms with Crippen molar-refractivity contribution >= 4 is 0 Å². The fraction of sp³-hybridized carbons (Fsp3) is 0.471. The Morgan fingerprint density at radius 1 is 1.24 bits per heavy atom. The van der Waals surface area contributed by atoms with Gasteiger partial charge in [0.2, 0.25) is 0 Å². The molecule has 0 spiro atoms. The number of rotatable bonds is 6. The van der Waals surface area contributed by atoms with Crippen LogP contribution >= 0.6 is 0 Å². The molecule has 0 aliphatic carbocycles. The molecule has 0 aliphatic rings. The minimum absolute atomic E-state index is 0.143. The van der Waals surface area contributed by atoms with Crippen molar-refractivity contribution in [2.45, 2.75) is 47.3 Å². The molecule has 1 aromatic heterocycles. The summed E-state index contributed by atoms with van der Waals surface area (Å²) in [6.07, 6.45) is 0.143. The maximum Gasteiger partial charge on any atom is 0.145 e. The van der Waals surface area contributed by atoms with E-state index < -0.39 is 0 Å². The Bertz CT molecular complexity index is 602. The molecule has 0 radical (unpaired) electrons. The van der Waals surface area contributed by atoms with Crippen molar-refractivity contribution < 1.29 is 4.74 Å². The largest absolute Gasteiger partial charge is 0.489 e. The van der Waals surface area contributed by atoms with E-state index in [1.165, 1.54) is 5.56 Å². The Hall–Kier alpha value is -1.81. The molecule has 114 valence electrons. The third-order valence-electron chi connectivity index (χ3n) is 3.45. The first-order valence-electron chi connectivity index (χ1n) is 7.56. The van der Waals surface area contributed by atoms with Gasteiger partial charge in [-0.15, -0.1) is 0 Å². The van der Waals surface area contributed by atoms with Crippen LogP contribution in [0.15, 0.2) is 24.3 Å². The summed E-state index contributed by atoms with van der Waals surface area (Å²) in [5.41, 5.74) is 4.48. The molecule has 21 heavy (non-hydrogen) atoms. The molecule has 0 unspecified atom stereocenters. The number of ether oxygens (including phenoxy) is 1. The van der Waals surface area contributed by atoms with Crippen LogP contribution in [0.2, 0.25) is 0 Å². The van der Waals surface area contributed by atoms with Crippen LogP contribution in [0, 0.1) is 13.8 Å². The maximum atomic E-state index is 5.91. The lowest BCUT2D eigenvalue weighted by molar-refractivity contribution is 0.241. The van der Waals surface area contributed by atoms with Gasteiger partial charge in [0, 0.05) is 17.8 Å². The standard InChI is InChI=1S/C17H25N3O/c1-6-18-11-15-13(4)19-20(14(15)5)16-9-7-8-10-17(16)21-12(2)3/h7-10,12,18H,6,11H2,1-5H3. The maximum absolute atomic E-state index is 5.91. The molecule has 4 heteroatoms. The van der Waals surface area contributed by atoms with E-state index in [1.54, 1.807) is 0 Å². The highest BCUT2D eigenvalue weighted by Gasteiger charge is 2.15. The Labute approximate surface area is 127 Å². The quantitative estimate of drug-likeness (QED) is 0.885. The first kappa shape index (κ1) is 15.6. The number of nitrogens with one attached hydrogen (secondary N) is 1. The predicted octanol–water partition coefficient (Wildman–Crippen LogP) is 3.39. The van der Waals surface area contributed by atoms with Gasteiger partial charge < -0.3 is 10.1 Å². The first-order chi connectivity index (χ1) is 10.0. The zero-order valence-electron chi connectivity index (χ0n) is 13.6. The molecule has 0 amide bonds. The second-order valence-corrected chi connectivity index (χ2v) is 5.48. The van der Waals surface area contributed by atoms with E-state index in [1.807, 2.05) is 42.8 Å². The van der Waals surface area contributed by atoms with Crippen molar-refractivity contribution in [3.63, 3.8) is 0 Å². The van der Waals surface area contributed by atoms with Gasteiger partial charge >= 0.3 is 0 Å². The van der Waals surface area contributed by atoms with Crippen LogP contribution in [0.1, 0.15) is 37.7 Å². The minimum Gasteiger partial charge on any atom is -0.489 e. The van der Waals surface area contributed by atoms with Crippen molar-refractivity contribution in [2.24, 2.45) is 0 Å². The zero-order valence-corrected chi connectivity index (χ0v) is 13.6. The summed E-state index contributed by atoms with van der Waals surface area (Å²) in [7, 11) is 0. The van der Waals surface area contributed by atoms with E-state index in [0.717, 1.165) is 35.9 Å². The molecule has 1 aromatic carbocycles. The van der Waals surface area contributed by atoms with Crippen molar-refractivity contribution in [2.75, 3.05) is 6.54 Å². The van der Waals surface area contributed by atoms with Crippen LogP contribution in [0.3, 0.4) is 0 Å². The van der Waals surface area contributed by atoms with Gasteiger partial charge in [-0.3, -0.25) is 0 Å². The summed E-state index contributed by atoms with van der Waals surface area (Å²) in [6, 6.07) is 8.05. The predicted molar refractivity (Wildman–Crippen MR) is 86.2 cm³/mol. The van der Waals surface area contributed by atoms with E-state index in [4.69, 9.17) is 9.84 Å². The normalized spacial score (nSPS) is 11.1.